The lowest BCUT2D eigenvalue weighted by molar-refractivity contribution is 0.107. The Balaban J connectivity index is 2.60. The van der Waals surface area contributed by atoms with Crippen molar-refractivity contribution >= 4 is 29.6 Å². The van der Waals surface area contributed by atoms with Gasteiger partial charge in [0, 0.05) is 10.9 Å². The van der Waals surface area contributed by atoms with Crippen molar-refractivity contribution in [2.45, 2.75) is 20.8 Å². The molecule has 0 radical (unpaired) electrons. The molecule has 0 bridgehead atoms. The summed E-state index contributed by atoms with van der Waals surface area (Å²) in [6.45, 7) is 5.72. The van der Waals surface area contributed by atoms with Crippen molar-refractivity contribution in [3.05, 3.63) is 64.7 Å². The van der Waals surface area contributed by atoms with E-state index in [0.717, 1.165) is 16.7 Å². The Hall–Kier alpha value is -1.37. The molecule has 0 amide bonds. The molecule has 0 aromatic heterocycles. The molecule has 21 heavy (non-hydrogen) atoms. The predicted octanol–water partition coefficient (Wildman–Crippen LogP) is 4.64. The molecule has 0 spiro atoms. The number of alkyl halides is 1. The first-order valence-corrected chi connectivity index (χ1v) is 9.16. The van der Waals surface area contributed by atoms with Crippen LogP contribution in [-0.2, 0) is 4.57 Å². The molecule has 1 unspecified atom stereocenters. The number of rotatable bonds is 4. The maximum Gasteiger partial charge on any atom is 0.227 e. The van der Waals surface area contributed by atoms with Crippen LogP contribution in [0.1, 0.15) is 27.0 Å². The molecule has 0 saturated heterocycles. The van der Waals surface area contributed by atoms with Crippen molar-refractivity contribution in [2.75, 3.05) is 5.62 Å². The highest BCUT2D eigenvalue weighted by molar-refractivity contribution is 7.88. The topological polar surface area (TPSA) is 34.1 Å². The van der Waals surface area contributed by atoms with E-state index in [4.69, 9.17) is 11.6 Å². The van der Waals surface area contributed by atoms with Gasteiger partial charge in [0.1, 0.15) is 0 Å². The molecular formula is C17H18ClO2P. The largest absolute Gasteiger partial charge is 0.309 e. The van der Waals surface area contributed by atoms with Gasteiger partial charge in [-0.05, 0) is 31.9 Å². The van der Waals surface area contributed by atoms with E-state index in [0.29, 0.717) is 10.9 Å². The zero-order valence-corrected chi connectivity index (χ0v) is 14.0. The van der Waals surface area contributed by atoms with E-state index in [1.54, 1.807) is 24.3 Å². The zero-order valence-electron chi connectivity index (χ0n) is 12.4. The minimum Gasteiger partial charge on any atom is -0.309 e. The Morgan fingerprint density at radius 3 is 2.05 bits per heavy atom. The smallest absolute Gasteiger partial charge is 0.227 e. The van der Waals surface area contributed by atoms with Crippen LogP contribution in [0.15, 0.2) is 42.5 Å². The molecule has 0 heterocycles. The van der Waals surface area contributed by atoms with Crippen LogP contribution in [0.2, 0.25) is 0 Å². The minimum absolute atomic E-state index is 0.178. The minimum atomic E-state index is -3.31. The second-order valence-corrected chi connectivity index (χ2v) is 8.63. The summed E-state index contributed by atoms with van der Waals surface area (Å²) in [4.78, 5) is 12.9. The summed E-state index contributed by atoms with van der Waals surface area (Å²) >= 11 is 5.94. The standard InChI is InChI=1S/C17H18ClO2P/c1-12-9-13(2)16(14(3)10-12)17(19)21(20,11-18)15-7-5-4-6-8-15/h4-10H,11H2,1-3H3. The Kier molecular flexibility index (Phi) is 4.70. The summed E-state index contributed by atoms with van der Waals surface area (Å²) in [5.41, 5.74) is 2.79. The van der Waals surface area contributed by atoms with Gasteiger partial charge in [-0.1, -0.05) is 48.0 Å². The number of benzene rings is 2. The van der Waals surface area contributed by atoms with Crippen molar-refractivity contribution < 1.29 is 9.36 Å². The summed E-state index contributed by atoms with van der Waals surface area (Å²) < 4.78 is 13.2. The highest BCUT2D eigenvalue weighted by atomic mass is 35.5. The SMILES string of the molecule is Cc1cc(C)c(C(=O)P(=O)(CCl)c2ccccc2)c(C)c1. The number of halogens is 1. The van der Waals surface area contributed by atoms with Crippen LogP contribution in [0.3, 0.4) is 0 Å². The fraction of sp³-hybridized carbons (Fsp3) is 0.235. The lowest BCUT2D eigenvalue weighted by Gasteiger charge is -2.18. The highest BCUT2D eigenvalue weighted by Gasteiger charge is 2.35. The molecule has 0 fully saturated rings. The normalized spacial score (nSPS) is 13.7. The van der Waals surface area contributed by atoms with E-state index in [-0.39, 0.29) is 11.1 Å². The van der Waals surface area contributed by atoms with Crippen molar-refractivity contribution in [3.8, 4) is 0 Å². The van der Waals surface area contributed by atoms with Gasteiger partial charge >= 0.3 is 0 Å². The van der Waals surface area contributed by atoms with Crippen LogP contribution in [0, 0.1) is 20.8 Å². The number of hydrogen-bond donors (Lipinski definition) is 0. The third kappa shape index (κ3) is 2.97. The molecule has 2 aromatic carbocycles. The number of hydrogen-bond acceptors (Lipinski definition) is 2. The molecule has 2 aromatic rings. The first-order valence-electron chi connectivity index (χ1n) is 6.73. The average molecular weight is 321 g/mol. The number of carbonyl (C=O) groups is 1. The molecule has 0 N–H and O–H groups in total. The van der Waals surface area contributed by atoms with Crippen LogP contribution in [0.25, 0.3) is 0 Å². The molecule has 4 heteroatoms. The van der Waals surface area contributed by atoms with E-state index in [2.05, 4.69) is 0 Å². The monoisotopic (exact) mass is 320 g/mol. The lowest BCUT2D eigenvalue weighted by Crippen LogP contribution is -2.16. The van der Waals surface area contributed by atoms with Crippen LogP contribution < -0.4 is 5.30 Å². The third-order valence-corrected chi connectivity index (χ3v) is 6.92. The average Bonchev–Trinajstić information content (AvgIpc) is 2.46. The van der Waals surface area contributed by atoms with Crippen molar-refractivity contribution in [2.24, 2.45) is 0 Å². The fourth-order valence-corrected chi connectivity index (χ4v) is 5.20. The van der Waals surface area contributed by atoms with E-state index in [1.165, 1.54) is 0 Å². The molecule has 1 atom stereocenters. The summed E-state index contributed by atoms with van der Waals surface area (Å²) in [7, 11) is -3.31. The van der Waals surface area contributed by atoms with Gasteiger partial charge in [-0.3, -0.25) is 4.79 Å². The number of carbonyl (C=O) groups excluding carboxylic acids is 1. The van der Waals surface area contributed by atoms with Gasteiger partial charge in [0.2, 0.25) is 5.52 Å². The maximum atomic E-state index is 13.2. The Bertz CT molecular complexity index is 700. The van der Waals surface area contributed by atoms with Crippen molar-refractivity contribution in [1.82, 2.24) is 0 Å². The second kappa shape index (κ2) is 6.17. The first kappa shape index (κ1) is 16.0. The second-order valence-electron chi connectivity index (χ2n) is 5.27. The molecule has 0 saturated carbocycles. The highest BCUT2D eigenvalue weighted by Crippen LogP contribution is 2.49. The summed E-state index contributed by atoms with van der Waals surface area (Å²) in [6.07, 6.45) is 0. The molecular weight excluding hydrogens is 303 g/mol. The Morgan fingerprint density at radius 1 is 1.05 bits per heavy atom. The quantitative estimate of drug-likeness (QED) is 0.607. The van der Waals surface area contributed by atoms with Gasteiger partial charge in [-0.15, -0.1) is 11.6 Å². The predicted molar refractivity (Wildman–Crippen MR) is 89.4 cm³/mol. The first-order chi connectivity index (χ1) is 9.90. The molecule has 0 aliphatic carbocycles. The third-order valence-electron chi connectivity index (χ3n) is 3.56. The van der Waals surface area contributed by atoms with Crippen LogP contribution in [-0.4, -0.2) is 11.1 Å². The Labute approximate surface area is 130 Å². The van der Waals surface area contributed by atoms with E-state index < -0.39 is 7.14 Å². The summed E-state index contributed by atoms with van der Waals surface area (Å²) in [5.74, 6) is 0. The van der Waals surface area contributed by atoms with Crippen LogP contribution in [0.4, 0.5) is 0 Å². The van der Waals surface area contributed by atoms with E-state index >= 15 is 0 Å². The molecule has 2 rings (SSSR count). The fourth-order valence-electron chi connectivity index (χ4n) is 2.61. The summed E-state index contributed by atoms with van der Waals surface area (Å²) in [5, 5.41) is 0.518. The van der Waals surface area contributed by atoms with Gasteiger partial charge in [0.25, 0.3) is 0 Å². The van der Waals surface area contributed by atoms with E-state index in [9.17, 15) is 9.36 Å². The van der Waals surface area contributed by atoms with Gasteiger partial charge in [0.05, 0.1) is 5.62 Å². The molecule has 2 nitrogen and oxygen atoms in total. The molecule has 110 valence electrons. The van der Waals surface area contributed by atoms with E-state index in [1.807, 2.05) is 39.0 Å². The van der Waals surface area contributed by atoms with Gasteiger partial charge in [-0.25, -0.2) is 0 Å². The molecule has 0 aliphatic heterocycles. The molecule has 0 aliphatic rings. The van der Waals surface area contributed by atoms with Crippen molar-refractivity contribution in [1.29, 1.82) is 0 Å². The van der Waals surface area contributed by atoms with Gasteiger partial charge in [0.15, 0.2) is 7.14 Å². The number of aryl methyl sites for hydroxylation is 3. The van der Waals surface area contributed by atoms with Crippen LogP contribution >= 0.6 is 18.7 Å². The van der Waals surface area contributed by atoms with Gasteiger partial charge in [-0.2, -0.15) is 0 Å². The summed E-state index contributed by atoms with van der Waals surface area (Å²) in [6, 6.07) is 12.7. The maximum absolute atomic E-state index is 13.2. The zero-order chi connectivity index (χ0) is 15.6. The lowest BCUT2D eigenvalue weighted by atomic mass is 10.0. The van der Waals surface area contributed by atoms with Crippen molar-refractivity contribution in [3.63, 3.8) is 0 Å². The Morgan fingerprint density at radius 2 is 1.57 bits per heavy atom. The van der Waals surface area contributed by atoms with Crippen LogP contribution in [0.5, 0.6) is 0 Å². The van der Waals surface area contributed by atoms with Gasteiger partial charge < -0.3 is 4.57 Å².